The number of carbonyl (C=O) groups is 2. The van der Waals surface area contributed by atoms with E-state index in [0.717, 1.165) is 30.6 Å². The van der Waals surface area contributed by atoms with Gasteiger partial charge in [0.25, 0.3) is 0 Å². The summed E-state index contributed by atoms with van der Waals surface area (Å²) in [6.45, 7) is 6.70. The van der Waals surface area contributed by atoms with Crippen LogP contribution >= 0.6 is 7.82 Å². The van der Waals surface area contributed by atoms with Gasteiger partial charge in [-0.15, -0.1) is 0 Å². The Hall–Kier alpha value is -2.71. The molecule has 0 aliphatic heterocycles. The maximum Gasteiger partial charge on any atom is 0.473 e. The monoisotopic (exact) mass is 675 g/mol. The highest BCUT2D eigenvalue weighted by atomic mass is 31.2. The fourth-order valence-corrected chi connectivity index (χ4v) is 6.26. The number of carboxylic acids is 1. The number of benzene rings is 2. The first-order chi connectivity index (χ1) is 22.4. The maximum absolute atomic E-state index is 13.2. The van der Waals surface area contributed by atoms with E-state index in [1.54, 1.807) is 69.3 Å². The van der Waals surface area contributed by atoms with Crippen LogP contribution in [0.2, 0.25) is 0 Å². The lowest BCUT2D eigenvalue weighted by Gasteiger charge is -2.32. The number of carbonyl (C=O) groups excluding carboxylic acids is 1. The Morgan fingerprint density at radius 1 is 0.745 bits per heavy atom. The van der Waals surface area contributed by atoms with E-state index in [1.807, 2.05) is 12.1 Å². The highest BCUT2D eigenvalue weighted by molar-refractivity contribution is 7.47. The van der Waals surface area contributed by atoms with Crippen molar-refractivity contribution in [1.82, 2.24) is 4.90 Å². The third-order valence-corrected chi connectivity index (χ3v) is 8.83. The van der Waals surface area contributed by atoms with Crippen LogP contribution < -0.4 is 0 Å². The summed E-state index contributed by atoms with van der Waals surface area (Å²) in [4.78, 5) is 37.4. The van der Waals surface area contributed by atoms with Gasteiger partial charge in [0.15, 0.2) is 6.04 Å². The van der Waals surface area contributed by atoms with Crippen LogP contribution in [0.5, 0.6) is 0 Å². The topological polar surface area (TPSA) is 123 Å². The second kappa shape index (κ2) is 22.0. The first-order valence-corrected chi connectivity index (χ1v) is 18.9. The van der Waals surface area contributed by atoms with E-state index in [1.165, 1.54) is 57.8 Å². The molecule has 2 aromatic carbocycles. The Labute approximate surface area is 282 Å². The van der Waals surface area contributed by atoms with E-state index < -0.39 is 44.2 Å². The van der Waals surface area contributed by atoms with Crippen LogP contribution in [0.1, 0.15) is 135 Å². The second-order valence-electron chi connectivity index (χ2n) is 13.2. The lowest BCUT2D eigenvalue weighted by Crippen LogP contribution is -2.49. The number of phosphoric ester groups is 1. The van der Waals surface area contributed by atoms with Gasteiger partial charge in [0, 0.05) is 6.54 Å². The van der Waals surface area contributed by atoms with Crippen LogP contribution in [0, 0.1) is 0 Å². The summed E-state index contributed by atoms with van der Waals surface area (Å²) >= 11 is 0. The Balaban J connectivity index is 1.94. The molecule has 0 saturated carbocycles. The van der Waals surface area contributed by atoms with Crippen molar-refractivity contribution in [2.24, 2.45) is 0 Å². The van der Waals surface area contributed by atoms with Crippen LogP contribution in [0.4, 0.5) is 4.79 Å². The summed E-state index contributed by atoms with van der Waals surface area (Å²) < 4.78 is 29.6. The van der Waals surface area contributed by atoms with Crippen molar-refractivity contribution in [3.05, 3.63) is 71.8 Å². The molecule has 2 N–H and O–H groups in total. The van der Waals surface area contributed by atoms with Crippen molar-refractivity contribution in [2.75, 3.05) is 13.2 Å². The van der Waals surface area contributed by atoms with Crippen LogP contribution in [0.15, 0.2) is 60.7 Å². The van der Waals surface area contributed by atoms with Gasteiger partial charge in [0.05, 0.1) is 6.61 Å². The highest BCUT2D eigenvalue weighted by Crippen LogP contribution is 2.50. The Morgan fingerprint density at radius 3 is 1.57 bits per heavy atom. The van der Waals surface area contributed by atoms with E-state index in [2.05, 4.69) is 6.92 Å². The molecule has 0 aromatic heterocycles. The number of carboxylic acid groups (broad SMARTS) is 1. The summed E-state index contributed by atoms with van der Waals surface area (Å²) in [6.07, 6.45) is 14.6. The minimum atomic E-state index is -4.79. The van der Waals surface area contributed by atoms with Gasteiger partial charge in [-0.3, -0.25) is 13.9 Å². The maximum atomic E-state index is 13.2. The molecule has 0 aliphatic rings. The molecule has 47 heavy (non-hydrogen) atoms. The van der Waals surface area contributed by atoms with Crippen molar-refractivity contribution >= 4 is 19.9 Å². The van der Waals surface area contributed by atoms with Crippen LogP contribution in [0.3, 0.4) is 0 Å². The molecule has 0 fully saturated rings. The molecule has 2 aromatic rings. The van der Waals surface area contributed by atoms with Crippen molar-refractivity contribution in [3.63, 3.8) is 0 Å². The predicted molar refractivity (Wildman–Crippen MR) is 186 cm³/mol. The average Bonchev–Trinajstić information content (AvgIpc) is 3.02. The molecule has 9 nitrogen and oxygen atoms in total. The zero-order valence-electron chi connectivity index (χ0n) is 29.0. The van der Waals surface area contributed by atoms with Crippen molar-refractivity contribution in [3.8, 4) is 0 Å². The molecule has 0 saturated heterocycles. The van der Waals surface area contributed by atoms with E-state index in [0.29, 0.717) is 17.5 Å². The quantitative estimate of drug-likeness (QED) is 0.0833. The Bertz CT molecular complexity index is 1150. The van der Waals surface area contributed by atoms with Crippen LogP contribution in [-0.4, -0.2) is 51.8 Å². The lowest BCUT2D eigenvalue weighted by atomic mass is 10.0. The van der Waals surface area contributed by atoms with Gasteiger partial charge in [-0.05, 0) is 38.3 Å². The lowest BCUT2D eigenvalue weighted by molar-refractivity contribution is -0.144. The number of hydrogen-bond donors (Lipinski definition) is 2. The van der Waals surface area contributed by atoms with E-state index in [9.17, 15) is 24.2 Å². The van der Waals surface area contributed by atoms with Crippen molar-refractivity contribution in [1.29, 1.82) is 0 Å². The van der Waals surface area contributed by atoms with Crippen LogP contribution in [0.25, 0.3) is 0 Å². The zero-order valence-corrected chi connectivity index (χ0v) is 29.9. The van der Waals surface area contributed by atoms with E-state index >= 15 is 0 Å². The molecule has 0 aliphatic carbocycles. The molecule has 2 rings (SSSR count). The molecule has 0 bridgehead atoms. The Kier molecular flexibility index (Phi) is 19.0. The number of rotatable bonds is 24. The number of unbranched alkanes of at least 4 members (excludes halogenated alkanes) is 13. The zero-order chi connectivity index (χ0) is 34.5. The first kappa shape index (κ1) is 40.5. The molecule has 0 spiro atoms. The summed E-state index contributed by atoms with van der Waals surface area (Å²) in [5, 5.41) is 10.1. The van der Waals surface area contributed by atoms with Gasteiger partial charge in [-0.1, -0.05) is 151 Å². The minimum absolute atomic E-state index is 0.112. The SMILES string of the molecule is CCCCCCCCCCCCCCCCN(C(=O)OC(C)(C)C)[C@@H](COP(=O)(O)OC(c1ccccc1)c1ccccc1)C(=O)O. The number of nitrogens with zero attached hydrogens (tertiary/aromatic N) is 1. The molecule has 264 valence electrons. The molecular formula is C37H58NO8P. The predicted octanol–water partition coefficient (Wildman–Crippen LogP) is 10.1. The highest BCUT2D eigenvalue weighted by Gasteiger charge is 2.37. The average molecular weight is 676 g/mol. The van der Waals surface area contributed by atoms with Gasteiger partial charge in [0.2, 0.25) is 0 Å². The van der Waals surface area contributed by atoms with Crippen LogP contribution in [-0.2, 0) is 23.1 Å². The largest absolute Gasteiger partial charge is 0.480 e. The van der Waals surface area contributed by atoms with Gasteiger partial charge in [0.1, 0.15) is 11.7 Å². The van der Waals surface area contributed by atoms with Gasteiger partial charge in [-0.25, -0.2) is 14.2 Å². The molecule has 0 radical (unpaired) electrons. The van der Waals surface area contributed by atoms with Gasteiger partial charge >= 0.3 is 19.9 Å². The smallest absolute Gasteiger partial charge is 0.473 e. The summed E-state index contributed by atoms with van der Waals surface area (Å²) in [5.41, 5.74) is 0.391. The van der Waals surface area contributed by atoms with Crippen molar-refractivity contribution < 1.29 is 37.9 Å². The van der Waals surface area contributed by atoms with E-state index in [4.69, 9.17) is 13.8 Å². The molecule has 2 atom stereocenters. The summed E-state index contributed by atoms with van der Waals surface area (Å²) in [6, 6.07) is 16.3. The normalized spacial score (nSPS) is 13.7. The second-order valence-corrected chi connectivity index (χ2v) is 14.6. The fraction of sp³-hybridized carbons (Fsp3) is 0.622. The van der Waals surface area contributed by atoms with Gasteiger partial charge < -0.3 is 14.7 Å². The fourth-order valence-electron chi connectivity index (χ4n) is 5.36. The van der Waals surface area contributed by atoms with E-state index in [-0.39, 0.29) is 6.54 Å². The first-order valence-electron chi connectivity index (χ1n) is 17.4. The molecule has 0 heterocycles. The number of ether oxygens (including phenoxy) is 1. The number of amides is 1. The number of phosphoric acid groups is 1. The standard InChI is InChI=1S/C37H58NO8P/c1-5-6-7-8-9-10-11-12-13-14-15-16-17-24-29-38(36(41)45-37(2,3)4)33(35(39)40)30-44-47(42,43)46-34(31-25-20-18-21-26-31)32-27-22-19-23-28-32/h18-23,25-28,33-34H,5-17,24,29-30H2,1-4H3,(H,39,40)(H,42,43)/t33-/m0/s1. The summed E-state index contributed by atoms with van der Waals surface area (Å²) in [5.74, 6) is -1.37. The molecular weight excluding hydrogens is 617 g/mol. The number of aliphatic carboxylic acids is 1. The Morgan fingerprint density at radius 2 is 1.17 bits per heavy atom. The van der Waals surface area contributed by atoms with Crippen molar-refractivity contribution in [2.45, 2.75) is 135 Å². The molecule has 1 unspecified atom stereocenters. The van der Waals surface area contributed by atoms with Gasteiger partial charge in [-0.2, -0.15) is 0 Å². The third-order valence-electron chi connectivity index (χ3n) is 7.88. The molecule has 10 heteroatoms. The number of hydrogen-bond acceptors (Lipinski definition) is 6. The minimum Gasteiger partial charge on any atom is -0.480 e. The third kappa shape index (κ3) is 17.3. The molecule has 1 amide bonds. The summed E-state index contributed by atoms with van der Waals surface area (Å²) in [7, 11) is -4.79.